The van der Waals surface area contributed by atoms with Gasteiger partial charge in [-0.2, -0.15) is 18.3 Å². The molecule has 7 nitrogen and oxygen atoms in total. The third-order valence-corrected chi connectivity index (χ3v) is 6.33. The van der Waals surface area contributed by atoms with Crippen molar-refractivity contribution in [2.24, 2.45) is 0 Å². The van der Waals surface area contributed by atoms with Crippen LogP contribution < -0.4 is 5.32 Å². The number of halogens is 3. The van der Waals surface area contributed by atoms with Crippen LogP contribution in [0.1, 0.15) is 44.3 Å². The van der Waals surface area contributed by atoms with E-state index >= 15 is 0 Å². The summed E-state index contributed by atoms with van der Waals surface area (Å²) in [5.74, 6) is -0.983. The quantitative estimate of drug-likeness (QED) is 0.632. The van der Waals surface area contributed by atoms with E-state index in [2.05, 4.69) is 20.6 Å². The smallest absolute Gasteiger partial charge is 0.435 e. The number of alkyl halides is 3. The average molecular weight is 429 g/mol. The molecule has 12 heteroatoms. The molecule has 2 N–H and O–H groups in total. The highest BCUT2D eigenvalue weighted by Gasteiger charge is 2.33. The number of carboxylic acid groups (broad SMARTS) is 1. The fourth-order valence-electron chi connectivity index (χ4n) is 3.08. The highest BCUT2D eigenvalue weighted by atomic mass is 32.1. The second kappa shape index (κ2) is 7.17. The first-order valence-electron chi connectivity index (χ1n) is 8.39. The Kier molecular flexibility index (Phi) is 4.83. The summed E-state index contributed by atoms with van der Waals surface area (Å²) in [5.41, 5.74) is 0.191. The number of aromatic nitrogens is 4. The van der Waals surface area contributed by atoms with E-state index in [0.29, 0.717) is 15.1 Å². The number of aromatic carboxylic acids is 1. The van der Waals surface area contributed by atoms with Gasteiger partial charge in [0.1, 0.15) is 10.0 Å². The molecule has 148 valence electrons. The molecule has 0 fully saturated rings. The maximum atomic E-state index is 12.6. The van der Waals surface area contributed by atoms with Crippen LogP contribution in [0.2, 0.25) is 0 Å². The van der Waals surface area contributed by atoms with Crippen molar-refractivity contribution in [1.82, 2.24) is 20.0 Å². The molecule has 0 spiro atoms. The standard InChI is InChI=1S/C16H14F3N5O2S2/c17-16(18,19)10-5-6-24(23-10)7-11-21-22-15(28-11)20-13-12(14(25)26)8-3-1-2-4-9(8)27-13/h5-6H,1-4,7H2,(H,20,22)(H,25,26). The van der Waals surface area contributed by atoms with E-state index < -0.39 is 17.8 Å². The van der Waals surface area contributed by atoms with Crippen LogP contribution in [-0.4, -0.2) is 31.1 Å². The van der Waals surface area contributed by atoms with Crippen molar-refractivity contribution < 1.29 is 23.1 Å². The summed E-state index contributed by atoms with van der Waals surface area (Å²) >= 11 is 2.55. The van der Waals surface area contributed by atoms with Gasteiger partial charge in [-0.15, -0.1) is 21.5 Å². The van der Waals surface area contributed by atoms with Gasteiger partial charge in [0.05, 0.1) is 12.1 Å². The Hall–Kier alpha value is -2.47. The maximum Gasteiger partial charge on any atom is 0.435 e. The summed E-state index contributed by atoms with van der Waals surface area (Å²) in [6.07, 6.45) is 0.355. The molecule has 0 aliphatic heterocycles. The molecule has 1 aliphatic carbocycles. The molecule has 4 rings (SSSR count). The van der Waals surface area contributed by atoms with Crippen molar-refractivity contribution in [1.29, 1.82) is 0 Å². The second-order valence-corrected chi connectivity index (χ2v) is 8.41. The fraction of sp³-hybridized carbons (Fsp3) is 0.375. The van der Waals surface area contributed by atoms with Crippen LogP contribution in [0, 0.1) is 0 Å². The molecule has 0 radical (unpaired) electrons. The topological polar surface area (TPSA) is 92.9 Å². The van der Waals surface area contributed by atoms with E-state index in [0.717, 1.165) is 58.2 Å². The lowest BCUT2D eigenvalue weighted by atomic mass is 9.95. The molecular formula is C16H14F3N5O2S2. The number of nitrogens with one attached hydrogen (secondary N) is 1. The van der Waals surface area contributed by atoms with Gasteiger partial charge < -0.3 is 10.4 Å². The Labute approximate surface area is 164 Å². The van der Waals surface area contributed by atoms with Gasteiger partial charge in [-0.1, -0.05) is 11.3 Å². The Morgan fingerprint density at radius 3 is 2.75 bits per heavy atom. The average Bonchev–Trinajstić information content (AvgIpc) is 3.33. The zero-order valence-electron chi connectivity index (χ0n) is 14.3. The van der Waals surface area contributed by atoms with Crippen molar-refractivity contribution in [3.8, 4) is 0 Å². The first-order valence-corrected chi connectivity index (χ1v) is 10.0. The van der Waals surface area contributed by atoms with Gasteiger partial charge in [0.2, 0.25) is 5.13 Å². The molecule has 3 aromatic rings. The first kappa shape index (κ1) is 18.9. The molecule has 3 aromatic heterocycles. The van der Waals surface area contributed by atoms with Crippen LogP contribution in [0.25, 0.3) is 0 Å². The lowest BCUT2D eigenvalue weighted by Crippen LogP contribution is -2.08. The second-order valence-electron chi connectivity index (χ2n) is 6.24. The minimum atomic E-state index is -4.50. The predicted molar refractivity (Wildman–Crippen MR) is 97.4 cm³/mol. The number of anilines is 2. The van der Waals surface area contributed by atoms with Crippen molar-refractivity contribution in [3.63, 3.8) is 0 Å². The number of rotatable bonds is 5. The number of aryl methyl sites for hydroxylation is 1. The summed E-state index contributed by atoms with van der Waals surface area (Å²) in [4.78, 5) is 12.8. The van der Waals surface area contributed by atoms with Crippen molar-refractivity contribution in [3.05, 3.63) is 39.0 Å². The Morgan fingerprint density at radius 1 is 1.25 bits per heavy atom. The van der Waals surface area contributed by atoms with Crippen molar-refractivity contribution in [2.45, 2.75) is 38.4 Å². The van der Waals surface area contributed by atoms with Crippen LogP contribution in [0.4, 0.5) is 23.3 Å². The zero-order chi connectivity index (χ0) is 19.9. The number of carbonyl (C=O) groups is 1. The molecule has 3 heterocycles. The van der Waals surface area contributed by atoms with E-state index in [1.165, 1.54) is 17.5 Å². The fourth-order valence-corrected chi connectivity index (χ4v) is 5.17. The Bertz CT molecular complexity index is 1020. The lowest BCUT2D eigenvalue weighted by Gasteiger charge is -2.10. The van der Waals surface area contributed by atoms with Crippen LogP contribution >= 0.6 is 22.7 Å². The summed E-state index contributed by atoms with van der Waals surface area (Å²) in [7, 11) is 0. The number of carboxylic acids is 1. The summed E-state index contributed by atoms with van der Waals surface area (Å²) in [5, 5.41) is 25.4. The van der Waals surface area contributed by atoms with Crippen LogP contribution in [0.15, 0.2) is 12.3 Å². The normalized spacial score (nSPS) is 14.1. The zero-order valence-corrected chi connectivity index (χ0v) is 15.9. The minimum absolute atomic E-state index is 0.0438. The van der Waals surface area contributed by atoms with Gasteiger partial charge >= 0.3 is 12.1 Å². The Balaban J connectivity index is 1.52. The molecule has 0 amide bonds. The lowest BCUT2D eigenvalue weighted by molar-refractivity contribution is -0.141. The number of hydrogen-bond acceptors (Lipinski definition) is 7. The van der Waals surface area contributed by atoms with E-state index in [9.17, 15) is 23.1 Å². The highest BCUT2D eigenvalue weighted by molar-refractivity contribution is 7.18. The molecular weight excluding hydrogens is 415 g/mol. The summed E-state index contributed by atoms with van der Waals surface area (Å²) in [6.45, 7) is 0.0438. The molecule has 28 heavy (non-hydrogen) atoms. The molecule has 1 aliphatic rings. The Morgan fingerprint density at radius 2 is 2.04 bits per heavy atom. The minimum Gasteiger partial charge on any atom is -0.478 e. The number of nitrogens with zero attached hydrogens (tertiary/aromatic N) is 4. The SMILES string of the molecule is O=C(O)c1c(Nc2nnc(Cn3ccc(C(F)(F)F)n3)s2)sc2c1CCCC2. The first-order chi connectivity index (χ1) is 13.3. The molecule has 0 atom stereocenters. The molecule has 0 aromatic carbocycles. The van der Waals surface area contributed by atoms with Crippen molar-refractivity contribution in [2.75, 3.05) is 5.32 Å². The monoisotopic (exact) mass is 429 g/mol. The number of fused-ring (bicyclic) bond motifs is 1. The van der Waals surface area contributed by atoms with Gasteiger partial charge in [-0.3, -0.25) is 4.68 Å². The van der Waals surface area contributed by atoms with Gasteiger partial charge in [0.15, 0.2) is 5.69 Å². The summed E-state index contributed by atoms with van der Waals surface area (Å²) in [6, 6.07) is 0.898. The van der Waals surface area contributed by atoms with E-state index in [4.69, 9.17) is 0 Å². The number of thiophene rings is 1. The van der Waals surface area contributed by atoms with Crippen LogP contribution in [0.5, 0.6) is 0 Å². The van der Waals surface area contributed by atoms with Crippen LogP contribution in [0.3, 0.4) is 0 Å². The molecule has 0 unspecified atom stereocenters. The predicted octanol–water partition coefficient (Wildman–Crippen LogP) is 4.18. The van der Waals surface area contributed by atoms with E-state index in [1.807, 2.05) is 0 Å². The largest absolute Gasteiger partial charge is 0.478 e. The van der Waals surface area contributed by atoms with Crippen molar-refractivity contribution >= 4 is 38.8 Å². The summed E-state index contributed by atoms with van der Waals surface area (Å²) < 4.78 is 39.0. The third-order valence-electron chi connectivity index (χ3n) is 4.30. The van der Waals surface area contributed by atoms with Gasteiger partial charge in [0, 0.05) is 11.1 Å². The number of hydrogen-bond donors (Lipinski definition) is 2. The third kappa shape index (κ3) is 3.74. The molecule has 0 bridgehead atoms. The van der Waals surface area contributed by atoms with E-state index in [1.54, 1.807) is 0 Å². The highest BCUT2D eigenvalue weighted by Crippen LogP contribution is 2.39. The van der Waals surface area contributed by atoms with E-state index in [-0.39, 0.29) is 12.1 Å². The molecule has 0 saturated carbocycles. The van der Waals surface area contributed by atoms with Crippen LogP contribution in [-0.2, 0) is 25.6 Å². The maximum absolute atomic E-state index is 12.6. The van der Waals surface area contributed by atoms with Gasteiger partial charge in [-0.25, -0.2) is 4.79 Å². The van der Waals surface area contributed by atoms with Gasteiger partial charge in [0.25, 0.3) is 0 Å². The molecule has 0 saturated heterocycles. The van der Waals surface area contributed by atoms with Gasteiger partial charge in [-0.05, 0) is 37.3 Å².